The summed E-state index contributed by atoms with van der Waals surface area (Å²) in [5.41, 5.74) is 2.99. The van der Waals surface area contributed by atoms with E-state index in [9.17, 15) is 5.11 Å². The molecule has 2 fully saturated rings. The van der Waals surface area contributed by atoms with Gasteiger partial charge >= 0.3 is 0 Å². The summed E-state index contributed by atoms with van der Waals surface area (Å²) in [4.78, 5) is 0. The molecule has 2 heteroatoms. The van der Waals surface area contributed by atoms with Gasteiger partial charge in [-0.3, -0.25) is 0 Å². The van der Waals surface area contributed by atoms with Gasteiger partial charge in [0.1, 0.15) is 5.75 Å². The molecule has 0 aromatic heterocycles. The van der Waals surface area contributed by atoms with Crippen LogP contribution in [0.1, 0.15) is 43.2 Å². The van der Waals surface area contributed by atoms with Crippen molar-refractivity contribution >= 4 is 0 Å². The zero-order valence-corrected chi connectivity index (χ0v) is 10.8. The van der Waals surface area contributed by atoms with Crippen LogP contribution < -0.4 is 5.32 Å². The smallest absolute Gasteiger partial charge is 0.119 e. The first-order valence-electron chi connectivity index (χ1n) is 7.36. The van der Waals surface area contributed by atoms with Crippen molar-refractivity contribution in [1.82, 2.24) is 5.32 Å². The van der Waals surface area contributed by atoms with Crippen molar-refractivity contribution in [3.63, 3.8) is 0 Å². The van der Waals surface area contributed by atoms with E-state index in [1.807, 2.05) is 12.1 Å². The minimum atomic E-state index is 0.285. The molecule has 1 aliphatic heterocycles. The molecule has 2 nitrogen and oxygen atoms in total. The quantitative estimate of drug-likeness (QED) is 0.734. The zero-order valence-electron chi connectivity index (χ0n) is 10.8. The number of benzene rings is 1. The largest absolute Gasteiger partial charge is 0.508 e. The fraction of sp³-hybridized carbons (Fsp3) is 0.625. The third-order valence-corrected chi connectivity index (χ3v) is 5.63. The molecule has 2 N–H and O–H groups in total. The molecule has 3 atom stereocenters. The zero-order chi connectivity index (χ0) is 12.2. The van der Waals surface area contributed by atoms with E-state index in [-0.39, 0.29) is 5.41 Å². The minimum Gasteiger partial charge on any atom is -0.508 e. The molecule has 1 aromatic carbocycles. The number of aromatic hydroxyl groups is 1. The molecule has 1 saturated carbocycles. The van der Waals surface area contributed by atoms with Crippen molar-refractivity contribution in [3.8, 4) is 5.75 Å². The number of phenols is 1. The lowest BCUT2D eigenvalue weighted by Gasteiger charge is -2.55. The molecule has 3 unspecified atom stereocenters. The van der Waals surface area contributed by atoms with Crippen molar-refractivity contribution in [1.29, 1.82) is 0 Å². The van der Waals surface area contributed by atoms with Crippen molar-refractivity contribution in [2.24, 2.45) is 5.92 Å². The maximum atomic E-state index is 10.4. The van der Waals surface area contributed by atoms with Gasteiger partial charge < -0.3 is 10.4 Å². The van der Waals surface area contributed by atoms with Gasteiger partial charge in [-0.05, 0) is 49.8 Å². The number of rotatable bonds is 0. The first-order chi connectivity index (χ1) is 8.81. The first-order valence-corrected chi connectivity index (χ1v) is 7.36. The maximum absolute atomic E-state index is 10.4. The lowest BCUT2D eigenvalue weighted by molar-refractivity contribution is 0.0773. The van der Waals surface area contributed by atoms with Crippen LogP contribution >= 0.6 is 0 Å². The van der Waals surface area contributed by atoms with Crippen LogP contribution in [0.2, 0.25) is 0 Å². The molecule has 0 radical (unpaired) electrons. The summed E-state index contributed by atoms with van der Waals surface area (Å²) in [7, 11) is 0. The highest BCUT2D eigenvalue weighted by atomic mass is 16.3. The van der Waals surface area contributed by atoms with Crippen molar-refractivity contribution in [2.75, 3.05) is 6.54 Å². The molecule has 2 aliphatic carbocycles. The number of piperidine rings is 1. The van der Waals surface area contributed by atoms with Gasteiger partial charge in [-0.2, -0.15) is 0 Å². The Morgan fingerprint density at radius 1 is 1.22 bits per heavy atom. The van der Waals surface area contributed by atoms with E-state index in [0.717, 1.165) is 18.9 Å². The van der Waals surface area contributed by atoms with Gasteiger partial charge in [-0.25, -0.2) is 0 Å². The summed E-state index contributed by atoms with van der Waals surface area (Å²) in [5, 5.41) is 14.1. The summed E-state index contributed by atoms with van der Waals surface area (Å²) in [6.07, 6.45) is 7.63. The van der Waals surface area contributed by atoms with Gasteiger partial charge in [0.15, 0.2) is 0 Å². The molecule has 1 aromatic rings. The Hall–Kier alpha value is -1.02. The van der Waals surface area contributed by atoms with Gasteiger partial charge in [0, 0.05) is 17.0 Å². The Labute approximate surface area is 108 Å². The van der Waals surface area contributed by atoms with E-state index >= 15 is 0 Å². The molecular weight excluding hydrogens is 222 g/mol. The molecule has 96 valence electrons. The number of hydrogen-bond acceptors (Lipinski definition) is 2. The monoisotopic (exact) mass is 243 g/mol. The van der Waals surface area contributed by atoms with E-state index in [2.05, 4.69) is 11.4 Å². The molecule has 0 spiro atoms. The molecule has 1 saturated heterocycles. The van der Waals surface area contributed by atoms with Crippen LogP contribution in [-0.2, 0) is 11.8 Å². The predicted molar refractivity (Wildman–Crippen MR) is 71.9 cm³/mol. The molecule has 0 amide bonds. The number of phenolic OH excluding ortho intramolecular Hbond substituents is 1. The molecule has 3 aliphatic rings. The van der Waals surface area contributed by atoms with Crippen LogP contribution in [0.4, 0.5) is 0 Å². The van der Waals surface area contributed by atoms with Gasteiger partial charge in [0.05, 0.1) is 0 Å². The van der Waals surface area contributed by atoms with Crippen molar-refractivity contribution in [3.05, 3.63) is 29.3 Å². The Kier molecular flexibility index (Phi) is 2.25. The average molecular weight is 243 g/mol. The molecule has 4 rings (SSSR count). The fourth-order valence-electron chi connectivity index (χ4n) is 5.00. The predicted octanol–water partition coefficient (Wildman–Crippen LogP) is 2.74. The summed E-state index contributed by atoms with van der Waals surface area (Å²) >= 11 is 0. The summed E-state index contributed by atoms with van der Waals surface area (Å²) in [6.45, 7) is 1.12. The van der Waals surface area contributed by atoms with E-state index in [0.29, 0.717) is 11.8 Å². The molecular formula is C16H21NO. The topological polar surface area (TPSA) is 32.3 Å². The maximum Gasteiger partial charge on any atom is 0.119 e. The third-order valence-electron chi connectivity index (χ3n) is 5.63. The standard InChI is InChI=1S/C16H21NO/c18-14-6-3-4-11-10-13-12-5-1-2-7-16(12,15(11)14)8-9-17-13/h3-4,6,12-13,17-18H,1-2,5,7-10H2. The van der Waals surface area contributed by atoms with Crippen LogP contribution in [0.3, 0.4) is 0 Å². The Bertz CT molecular complexity index is 480. The van der Waals surface area contributed by atoms with Crippen LogP contribution in [0.5, 0.6) is 5.75 Å². The van der Waals surface area contributed by atoms with Gasteiger partial charge in [-0.15, -0.1) is 0 Å². The SMILES string of the molecule is Oc1cccc2c1C13CCCCC1C(C2)NCC3. The minimum absolute atomic E-state index is 0.285. The highest BCUT2D eigenvalue weighted by molar-refractivity contribution is 5.49. The molecule has 18 heavy (non-hydrogen) atoms. The summed E-state index contributed by atoms with van der Waals surface area (Å²) < 4.78 is 0. The van der Waals surface area contributed by atoms with E-state index < -0.39 is 0 Å². The fourth-order valence-corrected chi connectivity index (χ4v) is 5.00. The normalized spacial score (nSPS) is 37.8. The van der Waals surface area contributed by atoms with Crippen molar-refractivity contribution < 1.29 is 5.11 Å². The highest BCUT2D eigenvalue weighted by Crippen LogP contribution is 2.55. The van der Waals surface area contributed by atoms with E-state index in [1.165, 1.54) is 43.2 Å². The van der Waals surface area contributed by atoms with Crippen molar-refractivity contribution in [2.45, 2.75) is 50.0 Å². The highest BCUT2D eigenvalue weighted by Gasteiger charge is 2.52. The van der Waals surface area contributed by atoms with Crippen LogP contribution in [0.15, 0.2) is 18.2 Å². The second-order valence-corrected chi connectivity index (χ2v) is 6.33. The van der Waals surface area contributed by atoms with Gasteiger partial charge in [0.25, 0.3) is 0 Å². The second kappa shape index (κ2) is 3.74. The average Bonchev–Trinajstić information content (AvgIpc) is 2.38. The Morgan fingerprint density at radius 3 is 3.11 bits per heavy atom. The Balaban J connectivity index is 1.94. The second-order valence-electron chi connectivity index (χ2n) is 6.33. The van der Waals surface area contributed by atoms with E-state index in [4.69, 9.17) is 0 Å². The van der Waals surface area contributed by atoms with Gasteiger partial charge in [0.2, 0.25) is 0 Å². The summed E-state index contributed by atoms with van der Waals surface area (Å²) in [6, 6.07) is 6.76. The molecule has 1 heterocycles. The number of hydrogen-bond donors (Lipinski definition) is 2. The molecule has 2 bridgehead atoms. The summed E-state index contributed by atoms with van der Waals surface area (Å²) in [5.74, 6) is 1.31. The first kappa shape index (κ1) is 10.9. The van der Waals surface area contributed by atoms with Crippen LogP contribution in [0, 0.1) is 5.92 Å². The lowest BCUT2D eigenvalue weighted by Crippen LogP contribution is -2.59. The number of fused-ring (bicyclic) bond motifs is 1. The Morgan fingerprint density at radius 2 is 2.17 bits per heavy atom. The lowest BCUT2D eigenvalue weighted by atomic mass is 9.52. The number of nitrogens with one attached hydrogen (secondary N) is 1. The van der Waals surface area contributed by atoms with Gasteiger partial charge in [-0.1, -0.05) is 25.0 Å². The third kappa shape index (κ3) is 1.27. The van der Waals surface area contributed by atoms with Crippen LogP contribution in [0.25, 0.3) is 0 Å². The van der Waals surface area contributed by atoms with E-state index in [1.54, 1.807) is 0 Å². The van der Waals surface area contributed by atoms with Crippen LogP contribution in [-0.4, -0.2) is 17.7 Å².